The molecule has 0 saturated heterocycles. The number of hydrogen-bond acceptors (Lipinski definition) is 6. The Labute approximate surface area is 133 Å². The monoisotopic (exact) mass is 308 g/mol. The molecule has 0 saturated carbocycles. The van der Waals surface area contributed by atoms with Gasteiger partial charge in [-0.25, -0.2) is 25.2 Å². The molecule has 0 atom stereocenters. The molecule has 0 fully saturated rings. The van der Waals surface area contributed by atoms with Gasteiger partial charge in [0, 0.05) is 6.20 Å². The van der Waals surface area contributed by atoms with Crippen LogP contribution in [0, 0.1) is 6.92 Å². The van der Waals surface area contributed by atoms with Gasteiger partial charge in [0.2, 0.25) is 5.95 Å². The van der Waals surface area contributed by atoms with Crippen molar-refractivity contribution in [3.8, 4) is 5.82 Å². The SMILES string of the molecule is Cc1cccnc1-n1cnc(N(N)Cc2ccccc2)nc1=O. The van der Waals surface area contributed by atoms with Gasteiger partial charge in [-0.2, -0.15) is 4.98 Å². The molecule has 0 bridgehead atoms. The fourth-order valence-electron chi connectivity index (χ4n) is 2.19. The Kier molecular flexibility index (Phi) is 4.11. The zero-order valence-electron chi connectivity index (χ0n) is 12.6. The highest BCUT2D eigenvalue weighted by atomic mass is 16.1. The van der Waals surface area contributed by atoms with Gasteiger partial charge in [0.25, 0.3) is 0 Å². The van der Waals surface area contributed by atoms with Crippen LogP contribution in [0.15, 0.2) is 59.8 Å². The smallest absolute Gasteiger partial charge is 0.274 e. The van der Waals surface area contributed by atoms with E-state index in [1.165, 1.54) is 15.9 Å². The molecule has 2 aromatic heterocycles. The number of hydrazine groups is 1. The summed E-state index contributed by atoms with van der Waals surface area (Å²) in [5, 5.41) is 1.34. The highest BCUT2D eigenvalue weighted by Gasteiger charge is 2.11. The molecular weight excluding hydrogens is 292 g/mol. The summed E-state index contributed by atoms with van der Waals surface area (Å²) in [7, 11) is 0. The molecule has 7 nitrogen and oxygen atoms in total. The summed E-state index contributed by atoms with van der Waals surface area (Å²) >= 11 is 0. The van der Waals surface area contributed by atoms with Crippen molar-refractivity contribution < 1.29 is 0 Å². The summed E-state index contributed by atoms with van der Waals surface area (Å²) in [5.41, 5.74) is 1.39. The Hall–Kier alpha value is -3.06. The maximum absolute atomic E-state index is 12.2. The van der Waals surface area contributed by atoms with Gasteiger partial charge in [0.1, 0.15) is 12.1 Å². The van der Waals surface area contributed by atoms with Crippen molar-refractivity contribution in [3.63, 3.8) is 0 Å². The lowest BCUT2D eigenvalue weighted by atomic mass is 10.2. The molecule has 0 spiro atoms. The fourth-order valence-corrected chi connectivity index (χ4v) is 2.19. The van der Waals surface area contributed by atoms with Gasteiger partial charge in [0.05, 0.1) is 6.54 Å². The van der Waals surface area contributed by atoms with Gasteiger partial charge in [0.15, 0.2) is 0 Å². The van der Waals surface area contributed by atoms with Crippen molar-refractivity contribution in [1.29, 1.82) is 0 Å². The molecule has 0 radical (unpaired) electrons. The summed E-state index contributed by atoms with van der Waals surface area (Å²) in [4.78, 5) is 24.5. The molecule has 2 heterocycles. The van der Waals surface area contributed by atoms with Crippen LogP contribution in [0.1, 0.15) is 11.1 Å². The molecule has 0 unspecified atom stereocenters. The van der Waals surface area contributed by atoms with Gasteiger partial charge in [-0.1, -0.05) is 36.4 Å². The van der Waals surface area contributed by atoms with E-state index < -0.39 is 5.69 Å². The summed E-state index contributed by atoms with van der Waals surface area (Å²) in [6, 6.07) is 13.3. The van der Waals surface area contributed by atoms with Crippen LogP contribution in [0.2, 0.25) is 0 Å². The number of aromatic nitrogens is 4. The van der Waals surface area contributed by atoms with E-state index in [0.717, 1.165) is 11.1 Å². The van der Waals surface area contributed by atoms with Crippen LogP contribution < -0.4 is 16.5 Å². The zero-order valence-corrected chi connectivity index (χ0v) is 12.6. The molecule has 116 valence electrons. The van der Waals surface area contributed by atoms with E-state index in [9.17, 15) is 4.79 Å². The lowest BCUT2D eigenvalue weighted by Gasteiger charge is -2.16. The van der Waals surface area contributed by atoms with Crippen LogP contribution >= 0.6 is 0 Å². The van der Waals surface area contributed by atoms with E-state index in [1.54, 1.807) is 12.3 Å². The molecule has 3 aromatic rings. The third-order valence-electron chi connectivity index (χ3n) is 3.35. The van der Waals surface area contributed by atoms with Crippen molar-refractivity contribution in [2.75, 3.05) is 5.01 Å². The summed E-state index contributed by atoms with van der Waals surface area (Å²) in [6.45, 7) is 2.28. The number of aryl methyl sites for hydroxylation is 1. The fraction of sp³-hybridized carbons (Fsp3) is 0.125. The van der Waals surface area contributed by atoms with Crippen LogP contribution in [0.25, 0.3) is 5.82 Å². The standard InChI is InChI=1S/C16H16N6O/c1-12-6-5-9-18-14(12)21-11-19-15(20-16(21)23)22(17)10-13-7-3-2-4-8-13/h2-9,11H,10,17H2,1H3. The van der Waals surface area contributed by atoms with Crippen molar-refractivity contribution in [3.05, 3.63) is 76.6 Å². The van der Waals surface area contributed by atoms with E-state index in [0.29, 0.717) is 12.4 Å². The third kappa shape index (κ3) is 3.24. The second-order valence-corrected chi connectivity index (χ2v) is 5.07. The first-order chi connectivity index (χ1) is 11.1. The first-order valence-corrected chi connectivity index (χ1v) is 7.09. The Morgan fingerprint density at radius 3 is 2.61 bits per heavy atom. The summed E-state index contributed by atoms with van der Waals surface area (Å²) in [6.07, 6.45) is 3.01. The quantitative estimate of drug-likeness (QED) is 0.575. The molecular formula is C16H16N6O. The largest absolute Gasteiger partial charge is 0.357 e. The number of nitrogens with two attached hydrogens (primary N) is 1. The predicted molar refractivity (Wildman–Crippen MR) is 87.0 cm³/mol. The first kappa shape index (κ1) is 14.9. The summed E-state index contributed by atoms with van der Waals surface area (Å²) in [5.74, 6) is 6.64. The maximum Gasteiger partial charge on any atom is 0.357 e. The number of anilines is 1. The third-order valence-corrected chi connectivity index (χ3v) is 3.35. The number of nitrogens with zero attached hydrogens (tertiary/aromatic N) is 5. The van der Waals surface area contributed by atoms with Crippen LogP contribution in [0.4, 0.5) is 5.95 Å². The minimum Gasteiger partial charge on any atom is -0.274 e. The Bertz CT molecular complexity index is 862. The molecule has 0 aliphatic rings. The molecule has 0 aliphatic carbocycles. The lowest BCUT2D eigenvalue weighted by molar-refractivity contribution is 0.756. The molecule has 0 amide bonds. The number of hydrogen-bond donors (Lipinski definition) is 1. The Morgan fingerprint density at radius 2 is 1.91 bits per heavy atom. The van der Waals surface area contributed by atoms with Gasteiger partial charge < -0.3 is 0 Å². The molecule has 0 aliphatic heterocycles. The highest BCUT2D eigenvalue weighted by Crippen LogP contribution is 2.09. The predicted octanol–water partition coefficient (Wildman–Crippen LogP) is 1.21. The molecule has 7 heteroatoms. The minimum atomic E-state index is -0.472. The molecule has 23 heavy (non-hydrogen) atoms. The second kappa shape index (κ2) is 6.37. The average molecular weight is 308 g/mol. The minimum absolute atomic E-state index is 0.170. The van der Waals surface area contributed by atoms with Gasteiger partial charge >= 0.3 is 5.69 Å². The van der Waals surface area contributed by atoms with Gasteiger partial charge in [-0.15, -0.1) is 0 Å². The van der Waals surface area contributed by atoms with Crippen LogP contribution in [0.3, 0.4) is 0 Å². The Morgan fingerprint density at radius 1 is 1.13 bits per heavy atom. The van der Waals surface area contributed by atoms with Crippen LogP contribution in [-0.2, 0) is 6.54 Å². The van der Waals surface area contributed by atoms with E-state index in [-0.39, 0.29) is 5.95 Å². The van der Waals surface area contributed by atoms with E-state index in [2.05, 4.69) is 15.0 Å². The lowest BCUT2D eigenvalue weighted by Crippen LogP contribution is -2.35. The van der Waals surface area contributed by atoms with Gasteiger partial charge in [-0.3, -0.25) is 5.01 Å². The van der Waals surface area contributed by atoms with Crippen molar-refractivity contribution >= 4 is 5.95 Å². The molecule has 3 rings (SSSR count). The van der Waals surface area contributed by atoms with E-state index in [1.807, 2.05) is 43.3 Å². The second-order valence-electron chi connectivity index (χ2n) is 5.07. The number of benzene rings is 1. The maximum atomic E-state index is 12.2. The van der Waals surface area contributed by atoms with Crippen molar-refractivity contribution in [1.82, 2.24) is 19.5 Å². The summed E-state index contributed by atoms with van der Waals surface area (Å²) < 4.78 is 1.30. The van der Waals surface area contributed by atoms with Gasteiger partial charge in [-0.05, 0) is 24.1 Å². The topological polar surface area (TPSA) is 89.9 Å². The zero-order chi connectivity index (χ0) is 16.2. The normalized spacial score (nSPS) is 10.5. The molecule has 2 N–H and O–H groups in total. The van der Waals surface area contributed by atoms with Crippen LogP contribution in [-0.4, -0.2) is 19.5 Å². The average Bonchev–Trinajstić information content (AvgIpc) is 2.56. The number of pyridine rings is 1. The molecule has 1 aromatic carbocycles. The first-order valence-electron chi connectivity index (χ1n) is 7.09. The van der Waals surface area contributed by atoms with Crippen molar-refractivity contribution in [2.24, 2.45) is 5.84 Å². The van der Waals surface area contributed by atoms with E-state index >= 15 is 0 Å². The van der Waals surface area contributed by atoms with Crippen LogP contribution in [0.5, 0.6) is 0 Å². The van der Waals surface area contributed by atoms with Crippen molar-refractivity contribution in [2.45, 2.75) is 13.5 Å². The van der Waals surface area contributed by atoms with E-state index in [4.69, 9.17) is 5.84 Å². The highest BCUT2D eigenvalue weighted by molar-refractivity contribution is 5.33. The number of rotatable bonds is 4. The Balaban J connectivity index is 1.88.